The average Bonchev–Trinajstić information content (AvgIpc) is 2.65. The summed E-state index contributed by atoms with van der Waals surface area (Å²) in [6, 6.07) is 3.67. The van der Waals surface area contributed by atoms with Gasteiger partial charge in [-0.05, 0) is 26.2 Å². The van der Waals surface area contributed by atoms with Crippen LogP contribution in [0, 0.1) is 0 Å². The van der Waals surface area contributed by atoms with Gasteiger partial charge in [-0.2, -0.15) is 0 Å². The summed E-state index contributed by atoms with van der Waals surface area (Å²) < 4.78 is 5.25. The Labute approximate surface area is 97.9 Å². The number of carboxylic acids is 2. The van der Waals surface area contributed by atoms with E-state index < -0.39 is 11.9 Å². The molecule has 0 atom stereocenters. The zero-order valence-corrected chi connectivity index (χ0v) is 9.58. The summed E-state index contributed by atoms with van der Waals surface area (Å²) in [6.45, 7) is 0.757. The van der Waals surface area contributed by atoms with Gasteiger partial charge in [-0.1, -0.05) is 0 Å². The van der Waals surface area contributed by atoms with Crippen LogP contribution >= 0.6 is 0 Å². The third-order valence-corrected chi connectivity index (χ3v) is 1.53. The quantitative estimate of drug-likeness (QED) is 0.642. The molecule has 0 aromatic carbocycles. The number of aliphatic carboxylic acids is 2. The number of nitrogens with zero attached hydrogens (tertiary/aromatic N) is 1. The summed E-state index contributed by atoms with van der Waals surface area (Å²) in [5.74, 6) is -2.13. The molecular formula is C10H15NO6. The molecule has 3 N–H and O–H groups in total. The van der Waals surface area contributed by atoms with Gasteiger partial charge in [0, 0.05) is 0 Å². The Kier molecular flexibility index (Phi) is 6.61. The Morgan fingerprint density at radius 2 is 1.65 bits per heavy atom. The van der Waals surface area contributed by atoms with E-state index in [2.05, 4.69) is 0 Å². The molecule has 0 spiro atoms. The largest absolute Gasteiger partial charge is 0.473 e. The van der Waals surface area contributed by atoms with Crippen LogP contribution in [0.25, 0.3) is 0 Å². The first-order valence-electron chi connectivity index (χ1n) is 4.66. The van der Waals surface area contributed by atoms with Crippen LogP contribution < -0.4 is 0 Å². The fourth-order valence-electron chi connectivity index (χ4n) is 0.904. The van der Waals surface area contributed by atoms with Crippen molar-refractivity contribution in [2.45, 2.75) is 13.2 Å². The normalized spacial score (nSPS) is 9.65. The summed E-state index contributed by atoms with van der Waals surface area (Å²) in [7, 11) is 3.95. The first kappa shape index (κ1) is 15.1. The number of carbonyl (C=O) groups is 2. The summed E-state index contributed by atoms with van der Waals surface area (Å²) in [5, 5.41) is 23.5. The molecule has 0 amide bonds. The predicted octanol–water partition coefficient (Wildman–Crippen LogP) is -0.0109. The lowest BCUT2D eigenvalue weighted by molar-refractivity contribution is -0.159. The van der Waals surface area contributed by atoms with Crippen LogP contribution in [0.3, 0.4) is 0 Å². The maximum Gasteiger partial charge on any atom is 0.414 e. The molecule has 0 saturated heterocycles. The molecule has 0 saturated carbocycles. The van der Waals surface area contributed by atoms with E-state index in [9.17, 15) is 0 Å². The van der Waals surface area contributed by atoms with E-state index in [4.69, 9.17) is 29.3 Å². The molecule has 7 heteroatoms. The van der Waals surface area contributed by atoms with Crippen molar-refractivity contribution in [1.29, 1.82) is 0 Å². The molecule has 96 valence electrons. The number of aliphatic hydroxyl groups excluding tert-OH is 1. The summed E-state index contributed by atoms with van der Waals surface area (Å²) in [4.78, 5) is 20.2. The number of furan rings is 1. The molecular weight excluding hydrogens is 230 g/mol. The fourth-order valence-corrected chi connectivity index (χ4v) is 0.904. The Hall–Kier alpha value is -1.86. The van der Waals surface area contributed by atoms with Gasteiger partial charge in [0.25, 0.3) is 0 Å². The van der Waals surface area contributed by atoms with Gasteiger partial charge in [-0.15, -0.1) is 0 Å². The minimum atomic E-state index is -1.82. The minimum Gasteiger partial charge on any atom is -0.473 e. The van der Waals surface area contributed by atoms with Gasteiger partial charge < -0.3 is 24.6 Å². The number of hydrogen-bond acceptors (Lipinski definition) is 5. The summed E-state index contributed by atoms with van der Waals surface area (Å²) in [6.07, 6.45) is 0. The van der Waals surface area contributed by atoms with Gasteiger partial charge in [-0.3, -0.25) is 0 Å². The van der Waals surface area contributed by atoms with Crippen molar-refractivity contribution in [3.63, 3.8) is 0 Å². The molecule has 1 aromatic heterocycles. The zero-order valence-electron chi connectivity index (χ0n) is 9.58. The van der Waals surface area contributed by atoms with Gasteiger partial charge >= 0.3 is 11.9 Å². The van der Waals surface area contributed by atoms with Crippen LogP contribution in [0.1, 0.15) is 11.5 Å². The van der Waals surface area contributed by atoms with Gasteiger partial charge in [0.15, 0.2) is 0 Å². The number of aliphatic hydroxyl groups is 1. The second kappa shape index (κ2) is 7.42. The monoisotopic (exact) mass is 245 g/mol. The van der Waals surface area contributed by atoms with E-state index in [0.717, 1.165) is 12.3 Å². The molecule has 0 fully saturated rings. The molecule has 17 heavy (non-hydrogen) atoms. The third kappa shape index (κ3) is 7.09. The Balaban J connectivity index is 0.000000366. The fraction of sp³-hybridized carbons (Fsp3) is 0.400. The number of hydrogen-bond donors (Lipinski definition) is 3. The van der Waals surface area contributed by atoms with E-state index in [1.165, 1.54) is 0 Å². The van der Waals surface area contributed by atoms with E-state index >= 15 is 0 Å². The topological polar surface area (TPSA) is 111 Å². The van der Waals surface area contributed by atoms with Gasteiger partial charge in [0.1, 0.15) is 18.1 Å². The van der Waals surface area contributed by atoms with Crippen molar-refractivity contribution in [2.75, 3.05) is 14.1 Å². The highest BCUT2D eigenvalue weighted by Crippen LogP contribution is 2.08. The van der Waals surface area contributed by atoms with E-state index in [-0.39, 0.29) is 6.61 Å². The molecule has 0 bridgehead atoms. The van der Waals surface area contributed by atoms with Crippen LogP contribution in [0.4, 0.5) is 0 Å². The van der Waals surface area contributed by atoms with Crippen LogP contribution in [0.5, 0.6) is 0 Å². The Morgan fingerprint density at radius 1 is 1.18 bits per heavy atom. The SMILES string of the molecule is CN(C)Cc1ccc(CO)o1.O=C(O)C(=O)O. The molecule has 1 heterocycles. The molecule has 0 aliphatic heterocycles. The molecule has 1 aromatic rings. The van der Waals surface area contributed by atoms with Gasteiger partial charge in [-0.25, -0.2) is 9.59 Å². The lowest BCUT2D eigenvalue weighted by Crippen LogP contribution is -2.09. The van der Waals surface area contributed by atoms with Crippen molar-refractivity contribution < 1.29 is 29.3 Å². The highest BCUT2D eigenvalue weighted by atomic mass is 16.4. The standard InChI is InChI=1S/C8H13NO2.C2H2O4/c1-9(2)5-7-3-4-8(6-10)11-7;3-1(4)2(5)6/h3-4,10H,5-6H2,1-2H3;(H,3,4)(H,5,6). The van der Waals surface area contributed by atoms with Crippen molar-refractivity contribution >= 4 is 11.9 Å². The van der Waals surface area contributed by atoms with Gasteiger partial charge in [0.2, 0.25) is 0 Å². The molecule has 1 rings (SSSR count). The minimum absolute atomic E-state index is 0.0204. The second-order valence-electron chi connectivity index (χ2n) is 3.37. The van der Waals surface area contributed by atoms with Crippen molar-refractivity contribution in [1.82, 2.24) is 4.90 Å². The zero-order chi connectivity index (χ0) is 13.4. The van der Waals surface area contributed by atoms with E-state index in [1.54, 1.807) is 6.07 Å². The molecule has 7 nitrogen and oxygen atoms in total. The number of carboxylic acid groups (broad SMARTS) is 2. The summed E-state index contributed by atoms with van der Waals surface area (Å²) >= 11 is 0. The Bertz CT molecular complexity index is 359. The van der Waals surface area contributed by atoms with Crippen LogP contribution in [0.2, 0.25) is 0 Å². The smallest absolute Gasteiger partial charge is 0.414 e. The van der Waals surface area contributed by atoms with Crippen LogP contribution in [-0.2, 0) is 22.7 Å². The average molecular weight is 245 g/mol. The third-order valence-electron chi connectivity index (χ3n) is 1.53. The van der Waals surface area contributed by atoms with E-state index in [0.29, 0.717) is 5.76 Å². The van der Waals surface area contributed by atoms with Gasteiger partial charge in [0.05, 0.1) is 6.54 Å². The molecule has 0 unspecified atom stereocenters. The highest BCUT2D eigenvalue weighted by molar-refractivity contribution is 6.27. The van der Waals surface area contributed by atoms with Crippen molar-refractivity contribution in [2.24, 2.45) is 0 Å². The second-order valence-corrected chi connectivity index (χ2v) is 3.37. The van der Waals surface area contributed by atoms with Crippen molar-refractivity contribution in [3.8, 4) is 0 Å². The summed E-state index contributed by atoms with van der Waals surface area (Å²) in [5.41, 5.74) is 0. The highest BCUT2D eigenvalue weighted by Gasteiger charge is 2.04. The Morgan fingerprint density at radius 3 is 1.94 bits per heavy atom. The lowest BCUT2D eigenvalue weighted by Gasteiger charge is -2.05. The van der Waals surface area contributed by atoms with E-state index in [1.807, 2.05) is 25.1 Å². The number of rotatable bonds is 3. The van der Waals surface area contributed by atoms with Crippen LogP contribution in [0.15, 0.2) is 16.5 Å². The molecule has 0 aliphatic rings. The molecule has 0 radical (unpaired) electrons. The van der Waals surface area contributed by atoms with Crippen LogP contribution in [-0.4, -0.2) is 46.3 Å². The first-order chi connectivity index (χ1) is 7.86. The first-order valence-corrected chi connectivity index (χ1v) is 4.66. The lowest BCUT2D eigenvalue weighted by atomic mass is 10.4. The van der Waals surface area contributed by atoms with Crippen molar-refractivity contribution in [3.05, 3.63) is 23.7 Å². The maximum atomic E-state index is 9.10. The predicted molar refractivity (Wildman–Crippen MR) is 57.3 cm³/mol. The molecule has 0 aliphatic carbocycles. The maximum absolute atomic E-state index is 9.10.